The molecule has 2 rings (SSSR count). The highest BCUT2D eigenvalue weighted by Crippen LogP contribution is 2.52. The average Bonchev–Trinajstić information content (AvgIpc) is 2.59. The van der Waals surface area contributed by atoms with Crippen LogP contribution in [0.1, 0.15) is 6.92 Å². The zero-order valence-electron chi connectivity index (χ0n) is 15.5. The van der Waals surface area contributed by atoms with Crippen LogP contribution in [0.2, 0.25) is 0 Å². The van der Waals surface area contributed by atoms with Crippen molar-refractivity contribution in [2.75, 3.05) is 28.2 Å². The molecule has 2 aromatic rings. The van der Waals surface area contributed by atoms with E-state index in [-0.39, 0.29) is 0 Å². The van der Waals surface area contributed by atoms with E-state index in [1.807, 2.05) is 107 Å². The van der Waals surface area contributed by atoms with Gasteiger partial charge in [-0.3, -0.25) is 0 Å². The number of hydrogen-bond acceptors (Lipinski definition) is 4. The van der Waals surface area contributed by atoms with Crippen molar-refractivity contribution in [1.82, 2.24) is 9.91 Å². The highest BCUT2D eigenvalue weighted by atomic mass is 31.2. The van der Waals surface area contributed by atoms with Crippen LogP contribution >= 0.6 is 7.14 Å². The third kappa shape index (κ3) is 4.40. The maximum atomic E-state index is 14.5. The molecule has 0 bridgehead atoms. The van der Waals surface area contributed by atoms with E-state index >= 15 is 0 Å². The molecular formula is C20H26N3OP. The fourth-order valence-electron chi connectivity index (χ4n) is 2.70. The summed E-state index contributed by atoms with van der Waals surface area (Å²) in [5.74, 6) is 0. The fourth-order valence-corrected chi connectivity index (χ4v) is 5.63. The van der Waals surface area contributed by atoms with Gasteiger partial charge in [-0.1, -0.05) is 60.7 Å². The third-order valence-corrected chi connectivity index (χ3v) is 6.85. The number of hydrazone groups is 1. The number of benzene rings is 2. The van der Waals surface area contributed by atoms with Gasteiger partial charge in [-0.05, 0) is 6.92 Å². The lowest BCUT2D eigenvalue weighted by Crippen LogP contribution is -2.22. The van der Waals surface area contributed by atoms with Crippen molar-refractivity contribution in [2.45, 2.75) is 6.92 Å². The van der Waals surface area contributed by atoms with E-state index in [9.17, 15) is 4.57 Å². The molecule has 0 aliphatic rings. The van der Waals surface area contributed by atoms with Crippen LogP contribution < -0.4 is 10.6 Å². The minimum Gasteiger partial charge on any atom is -0.383 e. The highest BCUT2D eigenvalue weighted by molar-refractivity contribution is 7.83. The Hall–Kier alpha value is -2.32. The number of rotatable bonds is 6. The predicted molar refractivity (Wildman–Crippen MR) is 108 cm³/mol. The minimum absolute atomic E-state index is 0.739. The first kappa shape index (κ1) is 19.0. The molecule has 0 N–H and O–H groups in total. The van der Waals surface area contributed by atoms with Crippen molar-refractivity contribution in [3.63, 3.8) is 0 Å². The average molecular weight is 355 g/mol. The van der Waals surface area contributed by atoms with Crippen LogP contribution in [0, 0.1) is 0 Å². The molecular weight excluding hydrogens is 329 g/mol. The molecule has 0 saturated carbocycles. The third-order valence-electron chi connectivity index (χ3n) is 3.68. The molecule has 0 unspecified atom stereocenters. The molecule has 0 aromatic heterocycles. The first-order valence-corrected chi connectivity index (χ1v) is 9.89. The van der Waals surface area contributed by atoms with Crippen molar-refractivity contribution in [2.24, 2.45) is 5.10 Å². The lowest BCUT2D eigenvalue weighted by Gasteiger charge is -2.24. The molecule has 0 fully saturated rings. The van der Waals surface area contributed by atoms with Gasteiger partial charge in [0.05, 0.1) is 11.0 Å². The summed E-state index contributed by atoms with van der Waals surface area (Å²) in [7, 11) is 4.56. The Morgan fingerprint density at radius 1 is 0.880 bits per heavy atom. The molecule has 0 aliphatic heterocycles. The van der Waals surface area contributed by atoms with Crippen molar-refractivity contribution >= 4 is 23.5 Å². The Balaban J connectivity index is 2.79. The van der Waals surface area contributed by atoms with E-state index in [1.54, 1.807) is 5.01 Å². The summed E-state index contributed by atoms with van der Waals surface area (Å²) < 4.78 is 14.5. The van der Waals surface area contributed by atoms with Crippen LogP contribution in [0.3, 0.4) is 0 Å². The largest absolute Gasteiger partial charge is 0.383 e. The van der Waals surface area contributed by atoms with Crippen LogP contribution in [0.4, 0.5) is 0 Å². The van der Waals surface area contributed by atoms with Gasteiger partial charge in [0.15, 0.2) is 7.14 Å². The molecule has 0 amide bonds. The van der Waals surface area contributed by atoms with E-state index in [0.717, 1.165) is 21.6 Å². The predicted octanol–water partition coefficient (Wildman–Crippen LogP) is 3.34. The Morgan fingerprint density at radius 2 is 1.32 bits per heavy atom. The van der Waals surface area contributed by atoms with Gasteiger partial charge in [-0.2, -0.15) is 5.10 Å². The summed E-state index contributed by atoms with van der Waals surface area (Å²) in [6.45, 7) is 1.91. The number of hydrogen-bond donors (Lipinski definition) is 0. The fraction of sp³-hybridized carbons (Fsp3) is 0.250. The van der Waals surface area contributed by atoms with E-state index in [1.165, 1.54) is 0 Å². The second-order valence-electron chi connectivity index (χ2n) is 6.29. The zero-order chi connectivity index (χ0) is 18.4. The number of allylic oxidation sites excluding steroid dienone is 1. The molecule has 2 aromatic carbocycles. The summed E-state index contributed by atoms with van der Waals surface area (Å²) in [5, 5.41) is 8.62. The second-order valence-corrected chi connectivity index (χ2v) is 9.02. The SMILES string of the molecule is CC(=N\N(C)C)/C(=C\N(C)C)P(=O)(c1ccccc1)c1ccccc1. The Bertz CT molecular complexity index is 753. The minimum atomic E-state index is -3.04. The smallest absolute Gasteiger partial charge is 0.174 e. The normalized spacial score (nSPS) is 12.8. The van der Waals surface area contributed by atoms with Crippen LogP contribution in [-0.4, -0.2) is 43.8 Å². The standard InChI is InChI=1S/C20H26N3OP/c1-17(21-23(4)5)20(16-22(2)3)25(24,18-12-8-6-9-13-18)19-14-10-7-11-15-19/h6-16H,1-5H3/b20-16+,21-17+. The van der Waals surface area contributed by atoms with Crippen molar-refractivity contribution in [3.8, 4) is 0 Å². The van der Waals surface area contributed by atoms with Gasteiger partial charge >= 0.3 is 0 Å². The van der Waals surface area contributed by atoms with Gasteiger partial charge in [-0.25, -0.2) is 0 Å². The zero-order valence-corrected chi connectivity index (χ0v) is 16.4. The molecule has 25 heavy (non-hydrogen) atoms. The molecule has 0 spiro atoms. The van der Waals surface area contributed by atoms with Crippen molar-refractivity contribution < 1.29 is 4.57 Å². The van der Waals surface area contributed by atoms with Crippen LogP contribution in [0.5, 0.6) is 0 Å². The molecule has 0 atom stereocenters. The van der Waals surface area contributed by atoms with Gasteiger partial charge in [0.1, 0.15) is 0 Å². The topological polar surface area (TPSA) is 35.9 Å². The van der Waals surface area contributed by atoms with Gasteiger partial charge in [-0.15, -0.1) is 0 Å². The maximum Gasteiger partial charge on any atom is 0.174 e. The van der Waals surface area contributed by atoms with E-state index in [4.69, 9.17) is 0 Å². The number of nitrogens with zero attached hydrogens (tertiary/aromatic N) is 3. The maximum absolute atomic E-state index is 14.5. The summed E-state index contributed by atoms with van der Waals surface area (Å²) in [6, 6.07) is 19.3. The Morgan fingerprint density at radius 3 is 1.68 bits per heavy atom. The van der Waals surface area contributed by atoms with Crippen molar-refractivity contribution in [1.29, 1.82) is 0 Å². The lowest BCUT2D eigenvalue weighted by molar-refractivity contribution is 0.437. The molecule has 4 nitrogen and oxygen atoms in total. The summed E-state index contributed by atoms with van der Waals surface area (Å²) in [4.78, 5) is 1.92. The van der Waals surface area contributed by atoms with Crippen molar-refractivity contribution in [3.05, 3.63) is 72.2 Å². The van der Waals surface area contributed by atoms with Crippen LogP contribution in [-0.2, 0) is 4.57 Å². The first-order chi connectivity index (χ1) is 11.9. The summed E-state index contributed by atoms with van der Waals surface area (Å²) in [6.07, 6.45) is 1.92. The molecule has 0 aliphatic carbocycles. The molecule has 132 valence electrons. The van der Waals surface area contributed by atoms with Crippen LogP contribution in [0.15, 0.2) is 77.3 Å². The summed E-state index contributed by atoms with van der Waals surface area (Å²) in [5.41, 5.74) is 0.745. The van der Waals surface area contributed by atoms with E-state index in [0.29, 0.717) is 0 Å². The summed E-state index contributed by atoms with van der Waals surface area (Å²) >= 11 is 0. The molecule has 5 heteroatoms. The molecule has 0 radical (unpaired) electrons. The first-order valence-electron chi connectivity index (χ1n) is 8.18. The van der Waals surface area contributed by atoms with E-state index in [2.05, 4.69) is 5.10 Å². The quantitative estimate of drug-likeness (QED) is 0.453. The van der Waals surface area contributed by atoms with E-state index < -0.39 is 7.14 Å². The lowest BCUT2D eigenvalue weighted by atomic mass is 10.4. The molecule has 0 heterocycles. The Labute approximate surface area is 150 Å². The van der Waals surface area contributed by atoms with Gasteiger partial charge in [0, 0.05) is 45.0 Å². The Kier molecular flexibility index (Phi) is 6.22. The van der Waals surface area contributed by atoms with Crippen LogP contribution in [0.25, 0.3) is 0 Å². The highest BCUT2D eigenvalue weighted by Gasteiger charge is 2.33. The second kappa shape index (κ2) is 8.17. The molecule has 0 saturated heterocycles. The monoisotopic (exact) mass is 355 g/mol. The van der Waals surface area contributed by atoms with Gasteiger partial charge < -0.3 is 14.5 Å². The van der Waals surface area contributed by atoms with Gasteiger partial charge in [0.25, 0.3) is 0 Å². The van der Waals surface area contributed by atoms with Gasteiger partial charge in [0.2, 0.25) is 0 Å².